The van der Waals surface area contributed by atoms with Crippen molar-refractivity contribution in [1.82, 2.24) is 4.90 Å². The van der Waals surface area contributed by atoms with Crippen molar-refractivity contribution in [2.24, 2.45) is 0 Å². The molecule has 3 aliphatic rings. The molecule has 1 N–H and O–H groups in total. The summed E-state index contributed by atoms with van der Waals surface area (Å²) >= 11 is 0. The molecule has 2 atom stereocenters. The Kier molecular flexibility index (Phi) is 11.4. The number of hydrogen-bond acceptors (Lipinski definition) is 4. The number of benzene rings is 2. The summed E-state index contributed by atoms with van der Waals surface area (Å²) in [5.41, 5.74) is 4.20. The molecule has 2 aromatic rings. The van der Waals surface area contributed by atoms with Crippen molar-refractivity contribution in [2.45, 2.75) is 133 Å². The molecule has 0 aromatic heterocycles. The first-order valence-electron chi connectivity index (χ1n) is 17.0. The van der Waals surface area contributed by atoms with Crippen LogP contribution in [0.3, 0.4) is 0 Å². The quantitative estimate of drug-likeness (QED) is 0.203. The molecule has 230 valence electrons. The van der Waals surface area contributed by atoms with Crippen LogP contribution in [0.5, 0.6) is 0 Å². The van der Waals surface area contributed by atoms with Gasteiger partial charge < -0.3 is 14.6 Å². The Morgan fingerprint density at radius 3 is 1.79 bits per heavy atom. The Labute approximate surface area is 254 Å². The minimum absolute atomic E-state index is 0.0507. The van der Waals surface area contributed by atoms with Gasteiger partial charge in [0.15, 0.2) is 0 Å². The largest absolute Gasteiger partial charge is 0.448 e. The number of ether oxygens (including phenoxy) is 2. The van der Waals surface area contributed by atoms with E-state index in [0.717, 1.165) is 12.8 Å². The molecule has 5 nitrogen and oxygen atoms in total. The lowest BCUT2D eigenvalue weighted by Crippen LogP contribution is -2.63. The lowest BCUT2D eigenvalue weighted by molar-refractivity contribution is -0.135. The number of morpholine rings is 1. The minimum atomic E-state index is -0.711. The van der Waals surface area contributed by atoms with E-state index in [9.17, 15) is 9.90 Å². The molecule has 2 aromatic carbocycles. The summed E-state index contributed by atoms with van der Waals surface area (Å²) in [6.45, 7) is 3.55. The monoisotopic (exact) mass is 575 g/mol. The van der Waals surface area contributed by atoms with E-state index in [1.165, 1.54) is 99.3 Å². The smallest absolute Gasteiger partial charge is 0.410 e. The number of carbonyl (C=O) groups is 1. The summed E-state index contributed by atoms with van der Waals surface area (Å²) in [6.07, 6.45) is 18.9. The van der Waals surface area contributed by atoms with Crippen LogP contribution in [0.1, 0.15) is 127 Å². The molecular weight excluding hydrogens is 522 g/mol. The average Bonchev–Trinajstić information content (AvgIpc) is 3.31. The number of amides is 1. The lowest BCUT2D eigenvalue weighted by Gasteiger charge is -2.51. The fourth-order valence-electron chi connectivity index (χ4n) is 7.72. The third-order valence-corrected chi connectivity index (χ3v) is 9.93. The van der Waals surface area contributed by atoms with Gasteiger partial charge in [-0.1, -0.05) is 139 Å². The summed E-state index contributed by atoms with van der Waals surface area (Å²) in [5.74, 6) is 0.0507. The highest BCUT2D eigenvalue weighted by molar-refractivity contribution is 5.79. The van der Waals surface area contributed by atoms with Gasteiger partial charge in [-0.15, -0.1) is 0 Å². The first-order chi connectivity index (χ1) is 20.6. The predicted octanol–water partition coefficient (Wildman–Crippen LogP) is 9.01. The first-order valence-corrected chi connectivity index (χ1v) is 17.0. The van der Waals surface area contributed by atoms with Crippen molar-refractivity contribution in [2.75, 3.05) is 19.8 Å². The topological polar surface area (TPSA) is 59.0 Å². The van der Waals surface area contributed by atoms with Gasteiger partial charge >= 0.3 is 6.09 Å². The van der Waals surface area contributed by atoms with E-state index in [-0.39, 0.29) is 24.1 Å². The number of fused-ring (bicyclic) bond motifs is 5. The molecule has 2 heterocycles. The van der Waals surface area contributed by atoms with Crippen LogP contribution in [0.25, 0.3) is 11.1 Å². The fraction of sp³-hybridized carbons (Fsp3) is 0.649. The number of rotatable bonds is 16. The van der Waals surface area contributed by atoms with Gasteiger partial charge in [0.05, 0.1) is 30.9 Å². The molecule has 2 bridgehead atoms. The van der Waals surface area contributed by atoms with Crippen LogP contribution in [0.4, 0.5) is 4.79 Å². The summed E-state index contributed by atoms with van der Waals surface area (Å²) in [5, 5.41) is 11.5. The Bertz CT molecular complexity index is 1070. The normalized spacial score (nSPS) is 23.0. The summed E-state index contributed by atoms with van der Waals surface area (Å²) in [4.78, 5) is 15.3. The van der Waals surface area contributed by atoms with E-state index in [1.807, 2.05) is 4.90 Å². The first kappa shape index (κ1) is 31.1. The Balaban J connectivity index is 1.03. The summed E-state index contributed by atoms with van der Waals surface area (Å²) in [7, 11) is 0. The van der Waals surface area contributed by atoms with Crippen molar-refractivity contribution in [3.05, 3.63) is 59.7 Å². The van der Waals surface area contributed by atoms with Gasteiger partial charge in [-0.2, -0.15) is 0 Å². The highest BCUT2D eigenvalue weighted by atomic mass is 16.6. The van der Waals surface area contributed by atoms with Crippen molar-refractivity contribution in [3.63, 3.8) is 0 Å². The van der Waals surface area contributed by atoms with Crippen LogP contribution in [0.2, 0.25) is 0 Å². The van der Waals surface area contributed by atoms with Crippen molar-refractivity contribution < 1.29 is 19.4 Å². The van der Waals surface area contributed by atoms with Gasteiger partial charge in [-0.3, -0.25) is 4.90 Å². The number of piperidine rings is 1. The van der Waals surface area contributed by atoms with Gasteiger partial charge in [0.25, 0.3) is 0 Å². The molecule has 2 fully saturated rings. The fourth-order valence-corrected chi connectivity index (χ4v) is 7.72. The van der Waals surface area contributed by atoms with Gasteiger partial charge in [0, 0.05) is 5.92 Å². The van der Waals surface area contributed by atoms with E-state index in [4.69, 9.17) is 9.47 Å². The van der Waals surface area contributed by atoms with E-state index in [1.54, 1.807) is 0 Å². The third kappa shape index (κ3) is 7.77. The van der Waals surface area contributed by atoms with Crippen LogP contribution >= 0.6 is 0 Å². The van der Waals surface area contributed by atoms with Crippen LogP contribution < -0.4 is 0 Å². The highest BCUT2D eigenvalue weighted by Crippen LogP contribution is 2.45. The maximum Gasteiger partial charge on any atom is 0.410 e. The molecule has 2 saturated heterocycles. The SMILES string of the molecule is CCCCCCCCCCCCCCCC1(O)CC2COCC(C1)N2C(=O)OCC1c2ccccc2-c2ccccc21. The average molecular weight is 576 g/mol. The van der Waals surface area contributed by atoms with E-state index >= 15 is 0 Å². The maximum absolute atomic E-state index is 13.5. The number of carbonyl (C=O) groups excluding carboxylic acids is 1. The summed E-state index contributed by atoms with van der Waals surface area (Å²) < 4.78 is 11.9. The Hall–Kier alpha value is -2.37. The van der Waals surface area contributed by atoms with Crippen LogP contribution in [-0.4, -0.2) is 53.6 Å². The highest BCUT2D eigenvalue weighted by Gasteiger charge is 2.48. The molecular formula is C37H53NO4. The number of nitrogens with zero attached hydrogens (tertiary/aromatic N) is 1. The second kappa shape index (κ2) is 15.4. The van der Waals surface area contributed by atoms with E-state index in [0.29, 0.717) is 32.7 Å². The standard InChI is InChI=1S/C37H53NO4/c1-2-3-4-5-6-7-8-9-10-11-12-13-18-23-37(40)24-29-26-41-27-30(25-37)38(29)36(39)42-28-35-33-21-16-14-19-31(33)32-20-15-17-22-34(32)35/h14-17,19-22,29-30,35,40H,2-13,18,23-28H2,1H3. The number of aliphatic hydroxyl groups is 1. The molecule has 5 heteroatoms. The number of hydrogen-bond donors (Lipinski definition) is 1. The van der Waals surface area contributed by atoms with Gasteiger partial charge in [0.2, 0.25) is 0 Å². The summed E-state index contributed by atoms with van der Waals surface area (Å²) in [6, 6.07) is 16.6. The van der Waals surface area contributed by atoms with E-state index in [2.05, 4.69) is 55.5 Å². The maximum atomic E-state index is 13.5. The molecule has 42 heavy (non-hydrogen) atoms. The molecule has 1 aliphatic carbocycles. The molecule has 5 rings (SSSR count). The van der Waals surface area contributed by atoms with Crippen LogP contribution in [0, 0.1) is 0 Å². The van der Waals surface area contributed by atoms with Crippen LogP contribution in [-0.2, 0) is 9.47 Å². The Morgan fingerprint density at radius 2 is 1.26 bits per heavy atom. The van der Waals surface area contributed by atoms with E-state index < -0.39 is 5.60 Å². The van der Waals surface area contributed by atoms with Gasteiger partial charge in [-0.05, 0) is 41.5 Å². The molecule has 0 saturated carbocycles. The molecule has 2 unspecified atom stereocenters. The lowest BCUT2D eigenvalue weighted by atomic mass is 9.78. The van der Waals surface area contributed by atoms with Crippen molar-refractivity contribution >= 4 is 6.09 Å². The minimum Gasteiger partial charge on any atom is -0.448 e. The van der Waals surface area contributed by atoms with Crippen molar-refractivity contribution in [1.29, 1.82) is 0 Å². The predicted molar refractivity (Wildman–Crippen MR) is 170 cm³/mol. The molecule has 0 spiro atoms. The Morgan fingerprint density at radius 1 is 0.786 bits per heavy atom. The zero-order valence-electron chi connectivity index (χ0n) is 25.9. The van der Waals surface area contributed by atoms with Gasteiger partial charge in [-0.25, -0.2) is 4.79 Å². The van der Waals surface area contributed by atoms with Crippen LogP contribution in [0.15, 0.2) is 48.5 Å². The second-order valence-electron chi connectivity index (χ2n) is 13.2. The second-order valence-corrected chi connectivity index (χ2v) is 13.2. The third-order valence-electron chi connectivity index (χ3n) is 9.93. The van der Waals surface area contributed by atoms with Crippen molar-refractivity contribution in [3.8, 4) is 11.1 Å². The zero-order valence-corrected chi connectivity index (χ0v) is 25.9. The molecule has 1 amide bonds. The molecule has 0 radical (unpaired) electrons. The zero-order chi connectivity index (χ0) is 29.2. The van der Waals surface area contributed by atoms with Gasteiger partial charge in [0.1, 0.15) is 6.61 Å². The molecule has 2 aliphatic heterocycles. The number of unbranched alkanes of at least 4 members (excludes halogenated alkanes) is 12.